The lowest BCUT2D eigenvalue weighted by Gasteiger charge is -2.40. The smallest absolute Gasteiger partial charge is 0.410 e. The van der Waals surface area contributed by atoms with Gasteiger partial charge in [-0.15, -0.1) is 0 Å². The number of nitrogens with one attached hydrogen (secondary N) is 2. The Labute approximate surface area is 149 Å². The Balaban J connectivity index is 1.42. The fraction of sp³-hybridized carbons (Fsp3) is 0.684. The molecule has 1 aromatic rings. The molecule has 1 atom stereocenters. The molecule has 1 saturated heterocycles. The first-order chi connectivity index (χ1) is 11.7. The molecule has 1 unspecified atom stereocenters. The summed E-state index contributed by atoms with van der Waals surface area (Å²) in [6.07, 6.45) is 6.72. The van der Waals surface area contributed by atoms with Crippen molar-refractivity contribution in [1.82, 2.24) is 15.2 Å². The lowest BCUT2D eigenvalue weighted by molar-refractivity contribution is -0.00332. The molecule has 1 aliphatic carbocycles. The zero-order valence-electron chi connectivity index (χ0n) is 15.6. The molecule has 6 heteroatoms. The molecule has 0 spiro atoms. The summed E-state index contributed by atoms with van der Waals surface area (Å²) in [5.74, 6) is 0.965. The van der Waals surface area contributed by atoms with Crippen LogP contribution in [-0.2, 0) is 4.74 Å². The van der Waals surface area contributed by atoms with Crippen LogP contribution in [-0.4, -0.2) is 46.6 Å². The highest BCUT2D eigenvalue weighted by molar-refractivity contribution is 5.96. The minimum atomic E-state index is -0.459. The standard InChI is InChI=1S/C19H29N3O3/c1-12(7-13-10-22(11-13)18(24)25-19(2,3)4)21-17(23)16-9-20-8-15(16)14-5-6-14/h8-9,12-14,20H,5-7,10-11H2,1-4H3,(H,21,23). The van der Waals surface area contributed by atoms with Crippen molar-refractivity contribution in [2.45, 2.75) is 64.5 Å². The van der Waals surface area contributed by atoms with Gasteiger partial charge in [-0.3, -0.25) is 4.79 Å². The summed E-state index contributed by atoms with van der Waals surface area (Å²) in [4.78, 5) is 29.2. The fourth-order valence-electron chi connectivity index (χ4n) is 3.36. The van der Waals surface area contributed by atoms with Gasteiger partial charge < -0.3 is 19.9 Å². The molecule has 1 aliphatic heterocycles. The van der Waals surface area contributed by atoms with Gasteiger partial charge in [-0.2, -0.15) is 0 Å². The van der Waals surface area contributed by atoms with Crippen LogP contribution in [0.25, 0.3) is 0 Å². The van der Waals surface area contributed by atoms with Crippen molar-refractivity contribution in [3.05, 3.63) is 23.5 Å². The maximum atomic E-state index is 12.5. The summed E-state index contributed by atoms with van der Waals surface area (Å²) in [7, 11) is 0. The second-order valence-corrected chi connectivity index (χ2v) is 8.46. The van der Waals surface area contributed by atoms with Gasteiger partial charge in [-0.05, 0) is 64.4 Å². The first kappa shape index (κ1) is 17.8. The summed E-state index contributed by atoms with van der Waals surface area (Å²) < 4.78 is 5.36. The van der Waals surface area contributed by atoms with Gasteiger partial charge in [0.05, 0.1) is 5.56 Å². The van der Waals surface area contributed by atoms with E-state index < -0.39 is 5.60 Å². The van der Waals surface area contributed by atoms with Crippen LogP contribution < -0.4 is 5.32 Å². The zero-order valence-corrected chi connectivity index (χ0v) is 15.6. The van der Waals surface area contributed by atoms with Crippen LogP contribution in [0.5, 0.6) is 0 Å². The average molecular weight is 347 g/mol. The number of ether oxygens (including phenoxy) is 1. The van der Waals surface area contributed by atoms with E-state index in [1.54, 1.807) is 11.1 Å². The predicted molar refractivity (Wildman–Crippen MR) is 95.6 cm³/mol. The number of rotatable bonds is 5. The van der Waals surface area contributed by atoms with E-state index in [9.17, 15) is 9.59 Å². The summed E-state index contributed by atoms with van der Waals surface area (Å²) in [6, 6.07) is 0.0836. The largest absolute Gasteiger partial charge is 0.444 e. The highest BCUT2D eigenvalue weighted by atomic mass is 16.6. The summed E-state index contributed by atoms with van der Waals surface area (Å²) in [5.41, 5.74) is 1.46. The van der Waals surface area contributed by atoms with E-state index in [1.165, 1.54) is 12.8 Å². The Morgan fingerprint density at radius 3 is 2.60 bits per heavy atom. The molecular weight excluding hydrogens is 318 g/mol. The maximum Gasteiger partial charge on any atom is 0.410 e. The van der Waals surface area contributed by atoms with Gasteiger partial charge in [0.2, 0.25) is 0 Å². The Morgan fingerprint density at radius 2 is 2.00 bits per heavy atom. The zero-order chi connectivity index (χ0) is 18.2. The number of aromatic nitrogens is 1. The minimum absolute atomic E-state index is 0.000952. The Bertz CT molecular complexity index is 637. The van der Waals surface area contributed by atoms with Gasteiger partial charge in [-0.25, -0.2) is 4.79 Å². The molecule has 2 heterocycles. The molecule has 1 saturated carbocycles. The van der Waals surface area contributed by atoms with Gasteiger partial charge in [0.1, 0.15) is 5.60 Å². The normalized spacial score (nSPS) is 19.3. The number of hydrogen-bond acceptors (Lipinski definition) is 3. The second-order valence-electron chi connectivity index (χ2n) is 8.46. The maximum absolute atomic E-state index is 12.5. The van der Waals surface area contributed by atoms with Crippen molar-refractivity contribution in [2.75, 3.05) is 13.1 Å². The molecule has 2 N–H and O–H groups in total. The van der Waals surface area contributed by atoms with Crippen molar-refractivity contribution < 1.29 is 14.3 Å². The van der Waals surface area contributed by atoms with E-state index in [4.69, 9.17) is 4.74 Å². The van der Waals surface area contributed by atoms with E-state index in [1.807, 2.05) is 33.9 Å². The molecule has 1 aromatic heterocycles. The molecule has 0 bridgehead atoms. The van der Waals surface area contributed by atoms with E-state index in [0.29, 0.717) is 24.9 Å². The number of likely N-dealkylation sites (tertiary alicyclic amines) is 1. The predicted octanol–water partition coefficient (Wildman–Crippen LogP) is 3.27. The third kappa shape index (κ3) is 4.55. The first-order valence-corrected chi connectivity index (χ1v) is 9.18. The number of carbonyl (C=O) groups excluding carboxylic acids is 2. The topological polar surface area (TPSA) is 74.4 Å². The third-order valence-corrected chi connectivity index (χ3v) is 4.71. The van der Waals surface area contributed by atoms with Crippen molar-refractivity contribution in [3.63, 3.8) is 0 Å². The van der Waals surface area contributed by atoms with Crippen molar-refractivity contribution in [3.8, 4) is 0 Å². The van der Waals surface area contributed by atoms with E-state index in [2.05, 4.69) is 10.3 Å². The molecule has 3 rings (SSSR count). The lowest BCUT2D eigenvalue weighted by Crippen LogP contribution is -2.53. The van der Waals surface area contributed by atoms with Gasteiger partial charge in [-0.1, -0.05) is 0 Å². The number of aromatic amines is 1. The monoisotopic (exact) mass is 347 g/mol. The second kappa shape index (κ2) is 6.73. The van der Waals surface area contributed by atoms with Gasteiger partial charge in [0.25, 0.3) is 5.91 Å². The highest BCUT2D eigenvalue weighted by Crippen LogP contribution is 2.41. The lowest BCUT2D eigenvalue weighted by atomic mass is 9.93. The number of nitrogens with zero attached hydrogens (tertiary/aromatic N) is 1. The molecule has 2 fully saturated rings. The number of H-pyrrole nitrogens is 1. The average Bonchev–Trinajstić information content (AvgIpc) is 3.17. The SMILES string of the molecule is CC(CC1CN(C(=O)OC(C)(C)C)C1)NC(=O)c1c[nH]cc1C1CC1. The van der Waals surface area contributed by atoms with Crippen LogP contribution in [0.3, 0.4) is 0 Å². The van der Waals surface area contributed by atoms with Crippen LogP contribution in [0.1, 0.15) is 68.8 Å². The molecule has 2 amide bonds. The molecular formula is C19H29N3O3. The highest BCUT2D eigenvalue weighted by Gasteiger charge is 2.35. The Hall–Kier alpha value is -1.98. The van der Waals surface area contributed by atoms with Crippen LogP contribution in [0.4, 0.5) is 4.79 Å². The van der Waals surface area contributed by atoms with Crippen LogP contribution in [0, 0.1) is 5.92 Å². The van der Waals surface area contributed by atoms with Gasteiger partial charge in [0, 0.05) is 31.5 Å². The number of carbonyl (C=O) groups is 2. The van der Waals surface area contributed by atoms with Crippen molar-refractivity contribution in [1.29, 1.82) is 0 Å². The van der Waals surface area contributed by atoms with Crippen LogP contribution in [0.15, 0.2) is 12.4 Å². The minimum Gasteiger partial charge on any atom is -0.444 e. The third-order valence-electron chi connectivity index (χ3n) is 4.71. The van der Waals surface area contributed by atoms with Crippen LogP contribution in [0.2, 0.25) is 0 Å². The van der Waals surface area contributed by atoms with Gasteiger partial charge in [0.15, 0.2) is 0 Å². The quantitative estimate of drug-likeness (QED) is 0.858. The summed E-state index contributed by atoms with van der Waals surface area (Å²) >= 11 is 0. The molecule has 6 nitrogen and oxygen atoms in total. The Kier molecular flexibility index (Phi) is 4.80. The molecule has 0 radical (unpaired) electrons. The van der Waals surface area contributed by atoms with Crippen molar-refractivity contribution in [2.24, 2.45) is 5.92 Å². The van der Waals surface area contributed by atoms with E-state index >= 15 is 0 Å². The van der Waals surface area contributed by atoms with Crippen molar-refractivity contribution >= 4 is 12.0 Å². The number of amides is 2. The van der Waals surface area contributed by atoms with E-state index in [0.717, 1.165) is 17.5 Å². The summed E-state index contributed by atoms with van der Waals surface area (Å²) in [6.45, 7) is 9.04. The Morgan fingerprint density at radius 1 is 1.32 bits per heavy atom. The number of hydrogen-bond donors (Lipinski definition) is 2. The summed E-state index contributed by atoms with van der Waals surface area (Å²) in [5, 5.41) is 3.09. The molecule has 0 aromatic carbocycles. The van der Waals surface area contributed by atoms with Gasteiger partial charge >= 0.3 is 6.09 Å². The first-order valence-electron chi connectivity index (χ1n) is 9.18. The van der Waals surface area contributed by atoms with Crippen LogP contribution >= 0.6 is 0 Å². The van der Waals surface area contributed by atoms with E-state index in [-0.39, 0.29) is 18.0 Å². The molecule has 2 aliphatic rings. The molecule has 25 heavy (non-hydrogen) atoms. The molecule has 138 valence electrons. The fourth-order valence-corrected chi connectivity index (χ4v) is 3.36.